The first-order chi connectivity index (χ1) is 11.7. The van der Waals surface area contributed by atoms with E-state index in [2.05, 4.69) is 20.5 Å². The van der Waals surface area contributed by atoms with Gasteiger partial charge in [-0.15, -0.1) is 0 Å². The summed E-state index contributed by atoms with van der Waals surface area (Å²) >= 11 is 0. The minimum absolute atomic E-state index is 0.0677. The van der Waals surface area contributed by atoms with Gasteiger partial charge in [0, 0.05) is 18.9 Å². The van der Waals surface area contributed by atoms with Gasteiger partial charge in [0.25, 0.3) is 0 Å². The van der Waals surface area contributed by atoms with Crippen molar-refractivity contribution in [2.75, 3.05) is 19.6 Å². The van der Waals surface area contributed by atoms with Crippen molar-refractivity contribution in [1.29, 1.82) is 0 Å². The molecule has 6 nitrogen and oxygen atoms in total. The topological polar surface area (TPSA) is 70.4 Å². The number of nitrogens with one attached hydrogen (secondary N) is 2. The van der Waals surface area contributed by atoms with E-state index in [0.717, 1.165) is 24.4 Å². The van der Waals surface area contributed by atoms with E-state index in [1.807, 2.05) is 31.2 Å². The number of rotatable bonds is 6. The molecule has 3 rings (SSSR count). The minimum atomic E-state index is -0.171. The van der Waals surface area contributed by atoms with Crippen molar-refractivity contribution < 1.29 is 9.21 Å². The Balaban J connectivity index is 1.55. The van der Waals surface area contributed by atoms with Crippen LogP contribution in [0.3, 0.4) is 0 Å². The first-order valence-electron chi connectivity index (χ1n) is 8.46. The van der Waals surface area contributed by atoms with Crippen LogP contribution < -0.4 is 10.6 Å². The van der Waals surface area contributed by atoms with Crippen molar-refractivity contribution >= 4 is 6.03 Å². The van der Waals surface area contributed by atoms with Crippen LogP contribution in [0.2, 0.25) is 0 Å². The van der Waals surface area contributed by atoms with E-state index in [1.165, 1.54) is 12.8 Å². The molecule has 1 saturated heterocycles. The maximum absolute atomic E-state index is 12.2. The first kappa shape index (κ1) is 16.5. The highest BCUT2D eigenvalue weighted by molar-refractivity contribution is 5.74. The number of carbonyl (C=O) groups is 1. The number of pyridine rings is 1. The average Bonchev–Trinajstić information content (AvgIpc) is 3.30. The maximum Gasteiger partial charge on any atom is 0.315 e. The molecule has 2 atom stereocenters. The molecule has 2 aromatic rings. The third-order valence-corrected chi connectivity index (χ3v) is 4.46. The van der Waals surface area contributed by atoms with Crippen molar-refractivity contribution in [2.24, 2.45) is 0 Å². The molecule has 24 heavy (non-hydrogen) atoms. The second-order valence-electron chi connectivity index (χ2n) is 6.13. The Morgan fingerprint density at radius 1 is 1.29 bits per heavy atom. The molecule has 2 aromatic heterocycles. The SMILES string of the molecule is CC(NC(=O)NCC(c1ccco1)N1CCCC1)c1ccncc1. The Hall–Kier alpha value is -2.34. The zero-order chi connectivity index (χ0) is 16.8. The number of carbonyl (C=O) groups excluding carboxylic acids is 1. The average molecular weight is 328 g/mol. The van der Waals surface area contributed by atoms with Gasteiger partial charge in [0.1, 0.15) is 5.76 Å². The predicted octanol–water partition coefficient (Wildman–Crippen LogP) is 2.87. The van der Waals surface area contributed by atoms with E-state index < -0.39 is 0 Å². The molecule has 0 aliphatic carbocycles. The lowest BCUT2D eigenvalue weighted by atomic mass is 10.1. The molecule has 6 heteroatoms. The summed E-state index contributed by atoms with van der Waals surface area (Å²) in [5.41, 5.74) is 1.03. The van der Waals surface area contributed by atoms with Crippen LogP contribution in [0, 0.1) is 0 Å². The Labute approximate surface area is 142 Å². The normalized spacial score (nSPS) is 17.4. The van der Waals surface area contributed by atoms with Gasteiger partial charge in [-0.3, -0.25) is 9.88 Å². The number of furan rings is 1. The van der Waals surface area contributed by atoms with E-state index in [-0.39, 0.29) is 18.1 Å². The lowest BCUT2D eigenvalue weighted by molar-refractivity contribution is 0.202. The number of urea groups is 1. The van der Waals surface area contributed by atoms with Gasteiger partial charge in [-0.25, -0.2) is 4.79 Å². The summed E-state index contributed by atoms with van der Waals surface area (Å²) in [6.07, 6.45) is 7.53. The van der Waals surface area contributed by atoms with E-state index in [4.69, 9.17) is 4.42 Å². The van der Waals surface area contributed by atoms with Crippen LogP contribution >= 0.6 is 0 Å². The number of aromatic nitrogens is 1. The monoisotopic (exact) mass is 328 g/mol. The second-order valence-corrected chi connectivity index (χ2v) is 6.13. The van der Waals surface area contributed by atoms with Crippen molar-refractivity contribution in [2.45, 2.75) is 31.8 Å². The van der Waals surface area contributed by atoms with Gasteiger partial charge in [-0.05, 0) is 62.7 Å². The summed E-state index contributed by atoms with van der Waals surface area (Å²) in [4.78, 5) is 18.6. The second kappa shape index (κ2) is 7.97. The number of amides is 2. The van der Waals surface area contributed by atoms with E-state index in [1.54, 1.807) is 18.7 Å². The highest BCUT2D eigenvalue weighted by atomic mass is 16.3. The smallest absolute Gasteiger partial charge is 0.315 e. The number of hydrogen-bond acceptors (Lipinski definition) is 4. The fourth-order valence-corrected chi connectivity index (χ4v) is 3.12. The van der Waals surface area contributed by atoms with Crippen LogP contribution in [-0.2, 0) is 0 Å². The maximum atomic E-state index is 12.2. The largest absolute Gasteiger partial charge is 0.468 e. The lowest BCUT2D eigenvalue weighted by Gasteiger charge is -2.26. The van der Waals surface area contributed by atoms with Crippen LogP contribution in [-0.4, -0.2) is 35.5 Å². The molecular weight excluding hydrogens is 304 g/mol. The quantitative estimate of drug-likeness (QED) is 0.855. The highest BCUT2D eigenvalue weighted by Crippen LogP contribution is 2.24. The van der Waals surface area contributed by atoms with Gasteiger partial charge < -0.3 is 15.1 Å². The van der Waals surface area contributed by atoms with Gasteiger partial charge in [0.05, 0.1) is 18.3 Å². The number of hydrogen-bond donors (Lipinski definition) is 2. The zero-order valence-electron chi connectivity index (χ0n) is 13.9. The number of nitrogens with zero attached hydrogens (tertiary/aromatic N) is 2. The number of likely N-dealkylation sites (tertiary alicyclic amines) is 1. The predicted molar refractivity (Wildman–Crippen MR) is 91.4 cm³/mol. The molecule has 1 aliphatic rings. The van der Waals surface area contributed by atoms with Crippen LogP contribution in [0.25, 0.3) is 0 Å². The summed E-state index contributed by atoms with van der Waals surface area (Å²) < 4.78 is 5.57. The van der Waals surface area contributed by atoms with Crippen molar-refractivity contribution in [3.8, 4) is 0 Å². The summed E-state index contributed by atoms with van der Waals surface area (Å²) in [5, 5.41) is 5.94. The molecule has 0 spiro atoms. The van der Waals surface area contributed by atoms with Crippen LogP contribution in [0.1, 0.15) is 43.2 Å². The Kier molecular flexibility index (Phi) is 5.48. The zero-order valence-corrected chi connectivity index (χ0v) is 13.9. The minimum Gasteiger partial charge on any atom is -0.468 e. The molecule has 0 bridgehead atoms. The Bertz CT molecular complexity index is 624. The summed E-state index contributed by atoms with van der Waals surface area (Å²) in [5.74, 6) is 0.902. The molecular formula is C18H24N4O2. The molecule has 3 heterocycles. The van der Waals surface area contributed by atoms with Crippen molar-refractivity contribution in [3.05, 3.63) is 54.2 Å². The standard InChI is InChI=1S/C18H24N4O2/c1-14(15-6-8-19-9-7-15)21-18(23)20-13-16(17-5-4-12-24-17)22-10-2-3-11-22/h4-9,12,14,16H,2-3,10-11,13H2,1H3,(H2,20,21,23). The first-order valence-corrected chi connectivity index (χ1v) is 8.46. The molecule has 2 unspecified atom stereocenters. The third-order valence-electron chi connectivity index (χ3n) is 4.46. The van der Waals surface area contributed by atoms with Gasteiger partial charge >= 0.3 is 6.03 Å². The summed E-state index contributed by atoms with van der Waals surface area (Å²) in [6.45, 7) is 4.58. The van der Waals surface area contributed by atoms with E-state index in [0.29, 0.717) is 6.54 Å². The summed E-state index contributed by atoms with van der Waals surface area (Å²) in [6, 6.07) is 7.52. The van der Waals surface area contributed by atoms with Crippen molar-refractivity contribution in [3.63, 3.8) is 0 Å². The van der Waals surface area contributed by atoms with Gasteiger partial charge in [0.15, 0.2) is 0 Å². The van der Waals surface area contributed by atoms with E-state index >= 15 is 0 Å². The molecule has 0 saturated carbocycles. The van der Waals surface area contributed by atoms with Crippen LogP contribution in [0.15, 0.2) is 47.3 Å². The van der Waals surface area contributed by atoms with Gasteiger partial charge in [-0.2, -0.15) is 0 Å². The highest BCUT2D eigenvalue weighted by Gasteiger charge is 2.26. The van der Waals surface area contributed by atoms with Crippen LogP contribution in [0.5, 0.6) is 0 Å². The van der Waals surface area contributed by atoms with Crippen molar-refractivity contribution in [1.82, 2.24) is 20.5 Å². The summed E-state index contributed by atoms with van der Waals surface area (Å²) in [7, 11) is 0. The lowest BCUT2D eigenvalue weighted by Crippen LogP contribution is -2.42. The molecule has 1 fully saturated rings. The van der Waals surface area contributed by atoms with Gasteiger partial charge in [-0.1, -0.05) is 0 Å². The van der Waals surface area contributed by atoms with Gasteiger partial charge in [0.2, 0.25) is 0 Å². The third kappa shape index (κ3) is 4.14. The molecule has 2 N–H and O–H groups in total. The van der Waals surface area contributed by atoms with E-state index in [9.17, 15) is 4.79 Å². The Morgan fingerprint density at radius 3 is 2.71 bits per heavy atom. The van der Waals surface area contributed by atoms with Crippen LogP contribution in [0.4, 0.5) is 4.79 Å². The fraction of sp³-hybridized carbons (Fsp3) is 0.444. The molecule has 1 aliphatic heterocycles. The molecule has 0 aromatic carbocycles. The fourth-order valence-electron chi connectivity index (χ4n) is 3.12. The molecule has 0 radical (unpaired) electrons. The molecule has 2 amide bonds. The molecule has 128 valence electrons. The Morgan fingerprint density at radius 2 is 2.04 bits per heavy atom.